The summed E-state index contributed by atoms with van der Waals surface area (Å²) in [5, 5.41) is 0. The van der Waals surface area contributed by atoms with E-state index in [-0.39, 0.29) is 0 Å². The van der Waals surface area contributed by atoms with Crippen molar-refractivity contribution in [2.75, 3.05) is 0 Å². The molecule has 0 amide bonds. The van der Waals surface area contributed by atoms with Gasteiger partial charge in [-0.3, -0.25) is 0 Å². The van der Waals surface area contributed by atoms with E-state index in [1.807, 2.05) is 30.3 Å². The van der Waals surface area contributed by atoms with Crippen LogP contribution in [0.1, 0.15) is 5.56 Å². The van der Waals surface area contributed by atoms with Crippen molar-refractivity contribution in [3.8, 4) is 0 Å². The first-order chi connectivity index (χ1) is 5.33. The molecule has 1 rings (SSSR count). The zero-order valence-corrected chi connectivity index (χ0v) is 8.19. The Balaban J connectivity index is 2.73. The van der Waals surface area contributed by atoms with E-state index in [1.165, 1.54) is 0 Å². The van der Waals surface area contributed by atoms with Gasteiger partial charge in [0, 0.05) is 6.42 Å². The summed E-state index contributed by atoms with van der Waals surface area (Å²) in [7, 11) is 0. The third-order valence-electron chi connectivity index (χ3n) is 1.28. The number of hydrogen-bond donors (Lipinski definition) is 0. The summed E-state index contributed by atoms with van der Waals surface area (Å²) in [5.74, 6) is 0. The summed E-state index contributed by atoms with van der Waals surface area (Å²) in [6.45, 7) is 0. The van der Waals surface area contributed by atoms with E-state index < -0.39 is 0 Å². The fourth-order valence-electron chi connectivity index (χ4n) is 0.786. The lowest BCUT2D eigenvalue weighted by Crippen LogP contribution is -1.91. The molecule has 0 saturated heterocycles. The van der Waals surface area contributed by atoms with E-state index in [1.54, 1.807) is 0 Å². The quantitative estimate of drug-likeness (QED) is 0.561. The van der Waals surface area contributed by atoms with Gasteiger partial charge in [-0.05, 0) is 21.5 Å². The predicted molar refractivity (Wildman–Crippen MR) is 52.2 cm³/mol. The third-order valence-corrected chi connectivity index (χ3v) is 2.28. The second-order valence-electron chi connectivity index (χ2n) is 2.10. The second kappa shape index (κ2) is 4.46. The first kappa shape index (κ1) is 8.68. The van der Waals surface area contributed by atoms with Gasteiger partial charge < -0.3 is 0 Å². The Morgan fingerprint density at radius 2 is 2.00 bits per heavy atom. The van der Waals surface area contributed by atoms with Crippen molar-refractivity contribution in [2.45, 2.75) is 6.42 Å². The Morgan fingerprint density at radius 1 is 1.36 bits per heavy atom. The molecule has 0 heterocycles. The van der Waals surface area contributed by atoms with Crippen LogP contribution < -0.4 is 0 Å². The largest absolute Gasteiger partial charge is 0.212 e. The number of benzene rings is 1. The molecule has 0 fully saturated rings. The number of hydrogen-bond acceptors (Lipinski definition) is 1. The highest BCUT2D eigenvalue weighted by atomic mass is 79.9. The average molecular weight is 231 g/mol. The van der Waals surface area contributed by atoms with Crippen LogP contribution in [0.25, 0.3) is 0 Å². The van der Waals surface area contributed by atoms with Crippen LogP contribution in [0.2, 0.25) is 0 Å². The highest BCUT2D eigenvalue weighted by molar-refractivity contribution is 9.19. The Morgan fingerprint density at radius 3 is 2.55 bits per heavy atom. The van der Waals surface area contributed by atoms with Crippen molar-refractivity contribution in [1.82, 2.24) is 0 Å². The molecular weight excluding hydrogens is 224 g/mol. The minimum Gasteiger partial charge on any atom is -0.212 e. The van der Waals surface area contributed by atoms with Gasteiger partial charge in [-0.25, -0.2) is 4.21 Å². The molecule has 11 heavy (non-hydrogen) atoms. The molecule has 0 aromatic heterocycles. The molecule has 0 aliphatic heterocycles. The van der Waals surface area contributed by atoms with Gasteiger partial charge in [0.05, 0.1) is 15.0 Å². The van der Waals surface area contributed by atoms with Crippen LogP contribution in [-0.2, 0) is 17.7 Å². The number of rotatable bonds is 2. The van der Waals surface area contributed by atoms with Gasteiger partial charge in [-0.15, -0.1) is 0 Å². The van der Waals surface area contributed by atoms with Crippen molar-refractivity contribution >= 4 is 31.0 Å². The van der Waals surface area contributed by atoms with E-state index in [9.17, 15) is 4.21 Å². The van der Waals surface area contributed by atoms with E-state index >= 15 is 0 Å². The molecule has 58 valence electrons. The molecule has 0 unspecified atom stereocenters. The Bertz CT molecular complexity index is 277. The molecule has 0 radical (unpaired) electrons. The fourth-order valence-corrected chi connectivity index (χ4v) is 1.34. The summed E-state index contributed by atoms with van der Waals surface area (Å²) in [4.78, 5) is 0. The minimum atomic E-state index is 0.503. The topological polar surface area (TPSA) is 17.1 Å². The van der Waals surface area contributed by atoms with Crippen LogP contribution in [0.5, 0.6) is 0 Å². The average Bonchev–Trinajstić information content (AvgIpc) is 2.06. The van der Waals surface area contributed by atoms with E-state index in [4.69, 9.17) is 0 Å². The maximum Gasteiger partial charge on any atom is 0.1000 e. The van der Waals surface area contributed by atoms with Crippen molar-refractivity contribution in [3.05, 3.63) is 35.9 Å². The lowest BCUT2D eigenvalue weighted by Gasteiger charge is -1.94. The Hall–Kier alpha value is -0.410. The maximum absolute atomic E-state index is 10.3. The minimum absolute atomic E-state index is 0.503. The fraction of sp³-hybridized carbons (Fsp3) is 0.125. The zero-order valence-electron chi connectivity index (χ0n) is 5.79. The van der Waals surface area contributed by atoms with E-state index in [0.29, 0.717) is 17.7 Å². The van der Waals surface area contributed by atoms with Gasteiger partial charge in [-0.1, -0.05) is 30.3 Å². The van der Waals surface area contributed by atoms with Gasteiger partial charge in [0.1, 0.15) is 0 Å². The monoisotopic (exact) mass is 230 g/mol. The van der Waals surface area contributed by atoms with Crippen molar-refractivity contribution in [2.24, 2.45) is 0 Å². The second-order valence-corrected chi connectivity index (χ2v) is 4.24. The molecule has 1 nitrogen and oxygen atoms in total. The highest BCUT2D eigenvalue weighted by Gasteiger charge is 1.94. The maximum atomic E-state index is 10.3. The van der Waals surface area contributed by atoms with E-state index in [0.717, 1.165) is 9.34 Å². The lowest BCUT2D eigenvalue weighted by molar-refractivity contribution is 0.701. The predicted octanol–water partition coefficient (Wildman–Crippen LogP) is 1.97. The Kier molecular flexibility index (Phi) is 3.52. The highest BCUT2D eigenvalue weighted by Crippen LogP contribution is 2.02. The molecule has 0 atom stereocenters. The normalized spacial score (nSPS) is 9.18. The summed E-state index contributed by atoms with van der Waals surface area (Å²) in [5.41, 5.74) is 1.16. The molecule has 0 N–H and O–H groups in total. The first-order valence-electron chi connectivity index (χ1n) is 3.18. The zero-order chi connectivity index (χ0) is 8.10. The summed E-state index contributed by atoms with van der Waals surface area (Å²) in [6.07, 6.45) is 0.703. The van der Waals surface area contributed by atoms with Crippen LogP contribution in [0.15, 0.2) is 30.3 Å². The molecule has 3 heteroatoms. The standard InChI is InChI=1S/C8H7BrOS/c9-8(11-10)6-7-4-2-1-3-5-7/h1-5H,6H2. The smallest absolute Gasteiger partial charge is 0.1000 e. The van der Waals surface area contributed by atoms with Crippen molar-refractivity contribution in [3.63, 3.8) is 0 Å². The SMILES string of the molecule is O=S=C(Br)Cc1ccccc1. The van der Waals surface area contributed by atoms with Crippen molar-refractivity contribution < 1.29 is 4.21 Å². The van der Waals surface area contributed by atoms with Gasteiger partial charge in [0.15, 0.2) is 0 Å². The summed E-state index contributed by atoms with van der Waals surface area (Å²) in [6, 6.07) is 9.88. The van der Waals surface area contributed by atoms with Crippen LogP contribution in [0, 0.1) is 0 Å². The van der Waals surface area contributed by atoms with Gasteiger partial charge in [0.2, 0.25) is 0 Å². The van der Waals surface area contributed by atoms with Crippen molar-refractivity contribution in [1.29, 1.82) is 0 Å². The third kappa shape index (κ3) is 2.99. The van der Waals surface area contributed by atoms with E-state index in [2.05, 4.69) is 15.9 Å². The molecule has 1 aromatic carbocycles. The molecule has 0 aliphatic carbocycles. The summed E-state index contributed by atoms with van der Waals surface area (Å²) >= 11 is 3.68. The van der Waals surface area contributed by atoms with Crippen LogP contribution >= 0.6 is 15.9 Å². The molecule has 1 aromatic rings. The molecule has 0 spiro atoms. The number of halogens is 1. The summed E-state index contributed by atoms with van der Waals surface area (Å²) < 4.78 is 11.0. The van der Waals surface area contributed by atoms with Crippen LogP contribution in [-0.4, -0.2) is 7.98 Å². The van der Waals surface area contributed by atoms with Gasteiger partial charge >= 0.3 is 0 Å². The van der Waals surface area contributed by atoms with Crippen LogP contribution in [0.4, 0.5) is 0 Å². The molecule has 0 saturated carbocycles. The van der Waals surface area contributed by atoms with Gasteiger partial charge in [0.25, 0.3) is 0 Å². The molecular formula is C8H7BrOS. The molecule has 0 bridgehead atoms. The molecule has 0 aliphatic rings. The van der Waals surface area contributed by atoms with Gasteiger partial charge in [-0.2, -0.15) is 0 Å². The first-order valence-corrected chi connectivity index (χ1v) is 4.71. The lowest BCUT2D eigenvalue weighted by atomic mass is 10.2. The Labute approximate surface area is 77.6 Å². The van der Waals surface area contributed by atoms with Crippen LogP contribution in [0.3, 0.4) is 0 Å².